The van der Waals surface area contributed by atoms with E-state index in [-0.39, 0.29) is 0 Å². The van der Waals surface area contributed by atoms with Crippen molar-refractivity contribution in [3.8, 4) is 0 Å². The highest BCUT2D eigenvalue weighted by molar-refractivity contribution is 9.10. The molecule has 0 radical (unpaired) electrons. The van der Waals surface area contributed by atoms with Crippen molar-refractivity contribution in [2.45, 2.75) is 25.3 Å². The third-order valence-corrected chi connectivity index (χ3v) is 4.53. The molecule has 20 heavy (non-hydrogen) atoms. The monoisotopic (exact) mass is 330 g/mol. The predicted molar refractivity (Wildman–Crippen MR) is 85.6 cm³/mol. The molecule has 0 aliphatic carbocycles. The van der Waals surface area contributed by atoms with Crippen LogP contribution in [-0.4, -0.2) is 23.0 Å². The molecule has 1 aliphatic heterocycles. The molecular weight excluding hydrogens is 312 g/mol. The van der Waals surface area contributed by atoms with Crippen LogP contribution in [0.15, 0.2) is 53.3 Å². The molecule has 3 rings (SSSR count). The van der Waals surface area contributed by atoms with Crippen molar-refractivity contribution >= 4 is 15.9 Å². The third-order valence-electron chi connectivity index (χ3n) is 4.04. The van der Waals surface area contributed by atoms with Gasteiger partial charge in [-0.25, -0.2) is 0 Å². The molecule has 104 valence electrons. The first kappa shape index (κ1) is 13.8. The molecule has 1 aromatic carbocycles. The van der Waals surface area contributed by atoms with Crippen molar-refractivity contribution in [1.82, 2.24) is 9.88 Å². The standard InChI is InChI=1S/C17H19BrN2/c18-17-5-1-4-16(11-17)15-6-9-20(10-7-15)13-14-3-2-8-19-12-14/h1-5,8,11-12,15H,6-7,9-10,13H2. The number of piperidine rings is 1. The van der Waals surface area contributed by atoms with Crippen LogP contribution in [0.1, 0.15) is 29.9 Å². The third kappa shape index (κ3) is 3.47. The highest BCUT2D eigenvalue weighted by Gasteiger charge is 2.20. The van der Waals surface area contributed by atoms with Crippen molar-refractivity contribution in [2.24, 2.45) is 0 Å². The zero-order chi connectivity index (χ0) is 13.8. The molecule has 2 heterocycles. The van der Waals surface area contributed by atoms with Crippen LogP contribution in [0, 0.1) is 0 Å². The lowest BCUT2D eigenvalue weighted by molar-refractivity contribution is 0.204. The summed E-state index contributed by atoms with van der Waals surface area (Å²) in [7, 11) is 0. The number of hydrogen-bond acceptors (Lipinski definition) is 2. The first-order valence-electron chi connectivity index (χ1n) is 7.18. The Labute approximate surface area is 129 Å². The number of hydrogen-bond donors (Lipinski definition) is 0. The summed E-state index contributed by atoms with van der Waals surface area (Å²) in [6.07, 6.45) is 6.30. The maximum atomic E-state index is 4.19. The van der Waals surface area contributed by atoms with Gasteiger partial charge >= 0.3 is 0 Å². The van der Waals surface area contributed by atoms with E-state index in [0.29, 0.717) is 5.92 Å². The Morgan fingerprint density at radius 2 is 2.00 bits per heavy atom. The average molecular weight is 331 g/mol. The van der Waals surface area contributed by atoms with Crippen LogP contribution in [0.5, 0.6) is 0 Å². The second-order valence-corrected chi connectivity index (χ2v) is 6.38. The van der Waals surface area contributed by atoms with Gasteiger partial charge in [0.25, 0.3) is 0 Å². The predicted octanol–water partition coefficient (Wildman–Crippen LogP) is 4.22. The summed E-state index contributed by atoms with van der Waals surface area (Å²) in [6.45, 7) is 3.37. The molecule has 2 nitrogen and oxygen atoms in total. The number of likely N-dealkylation sites (tertiary alicyclic amines) is 1. The largest absolute Gasteiger partial charge is 0.299 e. The normalized spacial score (nSPS) is 17.2. The molecule has 1 saturated heterocycles. The minimum atomic E-state index is 0.706. The summed E-state index contributed by atoms with van der Waals surface area (Å²) in [6, 6.07) is 12.9. The lowest BCUT2D eigenvalue weighted by Crippen LogP contribution is -2.32. The molecule has 1 fully saturated rings. The summed E-state index contributed by atoms with van der Waals surface area (Å²) in [4.78, 5) is 6.72. The molecule has 0 bridgehead atoms. The smallest absolute Gasteiger partial charge is 0.0312 e. The lowest BCUT2D eigenvalue weighted by atomic mass is 9.89. The van der Waals surface area contributed by atoms with Gasteiger partial charge in [-0.15, -0.1) is 0 Å². The fourth-order valence-corrected chi connectivity index (χ4v) is 3.35. The topological polar surface area (TPSA) is 16.1 Å². The Kier molecular flexibility index (Phi) is 4.48. The van der Waals surface area contributed by atoms with E-state index >= 15 is 0 Å². The van der Waals surface area contributed by atoms with Gasteiger partial charge in [0.2, 0.25) is 0 Å². The molecule has 0 amide bonds. The number of pyridine rings is 1. The maximum Gasteiger partial charge on any atom is 0.0312 e. The fraction of sp³-hybridized carbons (Fsp3) is 0.353. The van der Waals surface area contributed by atoms with Crippen LogP contribution >= 0.6 is 15.9 Å². The zero-order valence-corrected chi connectivity index (χ0v) is 13.1. The summed E-state index contributed by atoms with van der Waals surface area (Å²) in [5, 5.41) is 0. The molecule has 1 aromatic heterocycles. The van der Waals surface area contributed by atoms with Gasteiger partial charge in [-0.3, -0.25) is 9.88 Å². The van der Waals surface area contributed by atoms with Crippen molar-refractivity contribution < 1.29 is 0 Å². The Balaban J connectivity index is 1.57. The summed E-state index contributed by atoms with van der Waals surface area (Å²) in [5.74, 6) is 0.706. The first-order valence-corrected chi connectivity index (χ1v) is 7.97. The number of aromatic nitrogens is 1. The Bertz CT molecular complexity index is 548. The van der Waals surface area contributed by atoms with Gasteiger partial charge in [0, 0.05) is 23.4 Å². The number of benzene rings is 1. The molecular formula is C17H19BrN2. The number of rotatable bonds is 3. The van der Waals surface area contributed by atoms with Gasteiger partial charge in [0.05, 0.1) is 0 Å². The van der Waals surface area contributed by atoms with E-state index in [1.807, 2.05) is 18.5 Å². The molecule has 0 atom stereocenters. The maximum absolute atomic E-state index is 4.19. The second kappa shape index (κ2) is 6.51. The molecule has 0 spiro atoms. The van der Waals surface area contributed by atoms with Crippen LogP contribution in [0.25, 0.3) is 0 Å². The van der Waals surface area contributed by atoms with Crippen LogP contribution in [0.3, 0.4) is 0 Å². The Hall–Kier alpha value is -1.19. The van der Waals surface area contributed by atoms with E-state index < -0.39 is 0 Å². The summed E-state index contributed by atoms with van der Waals surface area (Å²) < 4.78 is 1.19. The Morgan fingerprint density at radius 3 is 2.70 bits per heavy atom. The molecule has 2 aromatic rings. The highest BCUT2D eigenvalue weighted by Crippen LogP contribution is 2.30. The quantitative estimate of drug-likeness (QED) is 0.837. The van der Waals surface area contributed by atoms with Crippen molar-refractivity contribution in [2.75, 3.05) is 13.1 Å². The van der Waals surface area contributed by atoms with E-state index in [2.05, 4.69) is 56.1 Å². The van der Waals surface area contributed by atoms with Gasteiger partial charge in [-0.05, 0) is 61.2 Å². The van der Waals surface area contributed by atoms with Crippen molar-refractivity contribution in [3.63, 3.8) is 0 Å². The van der Waals surface area contributed by atoms with Crippen molar-refractivity contribution in [3.05, 3.63) is 64.4 Å². The van der Waals surface area contributed by atoms with Crippen LogP contribution in [-0.2, 0) is 6.54 Å². The van der Waals surface area contributed by atoms with Crippen molar-refractivity contribution in [1.29, 1.82) is 0 Å². The first-order chi connectivity index (χ1) is 9.81. The zero-order valence-electron chi connectivity index (χ0n) is 11.5. The van der Waals surface area contributed by atoms with Gasteiger partial charge in [0.1, 0.15) is 0 Å². The second-order valence-electron chi connectivity index (χ2n) is 5.47. The van der Waals surface area contributed by atoms with Crippen LogP contribution < -0.4 is 0 Å². The van der Waals surface area contributed by atoms with E-state index in [9.17, 15) is 0 Å². The van der Waals surface area contributed by atoms with E-state index in [1.165, 1.54) is 41.5 Å². The van der Waals surface area contributed by atoms with E-state index in [4.69, 9.17) is 0 Å². The SMILES string of the molecule is Brc1cccc(C2CCN(Cc3cccnc3)CC2)c1. The minimum Gasteiger partial charge on any atom is -0.299 e. The summed E-state index contributed by atoms with van der Waals surface area (Å²) >= 11 is 3.57. The minimum absolute atomic E-state index is 0.706. The van der Waals surface area contributed by atoms with Gasteiger partial charge < -0.3 is 0 Å². The lowest BCUT2D eigenvalue weighted by Gasteiger charge is -2.32. The molecule has 3 heteroatoms. The van der Waals surface area contributed by atoms with E-state index in [1.54, 1.807) is 0 Å². The summed E-state index contributed by atoms with van der Waals surface area (Å²) in [5.41, 5.74) is 2.79. The van der Waals surface area contributed by atoms with E-state index in [0.717, 1.165) is 6.54 Å². The number of halogens is 1. The van der Waals surface area contributed by atoms with Gasteiger partial charge in [-0.1, -0.05) is 34.1 Å². The van der Waals surface area contributed by atoms with Gasteiger partial charge in [-0.2, -0.15) is 0 Å². The Morgan fingerprint density at radius 1 is 1.15 bits per heavy atom. The van der Waals surface area contributed by atoms with Gasteiger partial charge in [0.15, 0.2) is 0 Å². The highest BCUT2D eigenvalue weighted by atomic mass is 79.9. The average Bonchev–Trinajstić information content (AvgIpc) is 2.49. The molecule has 0 saturated carbocycles. The van der Waals surface area contributed by atoms with Crippen LogP contribution in [0.2, 0.25) is 0 Å². The van der Waals surface area contributed by atoms with Crippen LogP contribution in [0.4, 0.5) is 0 Å². The number of nitrogens with zero attached hydrogens (tertiary/aromatic N) is 2. The molecule has 0 N–H and O–H groups in total. The fourth-order valence-electron chi connectivity index (χ4n) is 2.93. The molecule has 1 aliphatic rings. The molecule has 0 unspecified atom stereocenters.